The Labute approximate surface area is 104 Å². The highest BCUT2D eigenvalue weighted by atomic mass is 16.2. The summed E-state index contributed by atoms with van der Waals surface area (Å²) in [6.07, 6.45) is 8.45. The summed E-state index contributed by atoms with van der Waals surface area (Å²) in [4.78, 5) is 14.1. The lowest BCUT2D eigenvalue weighted by atomic mass is 9.96. The van der Waals surface area contributed by atoms with E-state index in [0.29, 0.717) is 12.1 Å². The van der Waals surface area contributed by atoms with E-state index < -0.39 is 0 Å². The van der Waals surface area contributed by atoms with Crippen molar-refractivity contribution in [3.05, 3.63) is 0 Å². The van der Waals surface area contributed by atoms with Gasteiger partial charge in [0.15, 0.2) is 0 Å². The minimum absolute atomic E-state index is 0.0391. The van der Waals surface area contributed by atoms with Gasteiger partial charge in [-0.3, -0.25) is 0 Å². The minimum Gasteiger partial charge on any atom is -0.335 e. The molecule has 1 saturated carbocycles. The highest BCUT2D eigenvalue weighted by molar-refractivity contribution is 5.74. The molecule has 0 aromatic carbocycles. The van der Waals surface area contributed by atoms with Crippen molar-refractivity contribution in [2.24, 2.45) is 0 Å². The zero-order valence-corrected chi connectivity index (χ0v) is 10.9. The van der Waals surface area contributed by atoms with Gasteiger partial charge >= 0.3 is 6.03 Å². The first-order chi connectivity index (χ1) is 8.24. The fraction of sp³-hybridized carbons (Fsp3) is 0.923. The first-order valence-corrected chi connectivity index (χ1v) is 6.99. The summed E-state index contributed by atoms with van der Waals surface area (Å²) >= 11 is 0. The van der Waals surface area contributed by atoms with E-state index in [1.54, 1.807) is 0 Å². The molecule has 2 rings (SSSR count). The van der Waals surface area contributed by atoms with Crippen molar-refractivity contribution in [2.75, 3.05) is 20.1 Å². The third kappa shape index (κ3) is 4.19. The number of nitrogens with zero attached hydrogens (tertiary/aromatic N) is 1. The second-order valence-electron chi connectivity index (χ2n) is 5.55. The lowest BCUT2D eigenvalue weighted by Crippen LogP contribution is -2.51. The largest absolute Gasteiger partial charge is 0.335 e. The molecule has 4 heteroatoms. The Balaban J connectivity index is 1.68. The van der Waals surface area contributed by atoms with Crippen molar-refractivity contribution < 1.29 is 4.79 Å². The second-order valence-corrected chi connectivity index (χ2v) is 5.55. The number of rotatable bonds is 2. The van der Waals surface area contributed by atoms with Gasteiger partial charge < -0.3 is 15.5 Å². The highest BCUT2D eigenvalue weighted by Gasteiger charge is 2.21. The molecule has 2 fully saturated rings. The predicted molar refractivity (Wildman–Crippen MR) is 69.1 cm³/mol. The fourth-order valence-electron chi connectivity index (χ4n) is 2.94. The average molecular weight is 239 g/mol. The van der Waals surface area contributed by atoms with Crippen LogP contribution >= 0.6 is 0 Å². The number of hydrogen-bond acceptors (Lipinski definition) is 2. The summed E-state index contributed by atoms with van der Waals surface area (Å²) in [6, 6.07) is 0.777. The van der Waals surface area contributed by atoms with Gasteiger partial charge in [-0.05, 0) is 39.3 Å². The van der Waals surface area contributed by atoms with Crippen molar-refractivity contribution in [2.45, 2.75) is 57.0 Å². The van der Waals surface area contributed by atoms with Crippen LogP contribution in [0.25, 0.3) is 0 Å². The molecule has 1 aliphatic heterocycles. The number of carbonyl (C=O) groups is 1. The third-order valence-electron chi connectivity index (χ3n) is 3.90. The zero-order chi connectivity index (χ0) is 12.1. The molecule has 4 nitrogen and oxygen atoms in total. The van der Waals surface area contributed by atoms with Crippen molar-refractivity contribution in [3.8, 4) is 0 Å². The van der Waals surface area contributed by atoms with Crippen molar-refractivity contribution in [3.63, 3.8) is 0 Å². The topological polar surface area (TPSA) is 44.4 Å². The van der Waals surface area contributed by atoms with E-state index in [1.165, 1.54) is 25.7 Å². The van der Waals surface area contributed by atoms with E-state index in [4.69, 9.17) is 0 Å². The molecule has 2 N–H and O–H groups in total. The summed E-state index contributed by atoms with van der Waals surface area (Å²) < 4.78 is 0. The number of nitrogens with one attached hydrogen (secondary N) is 2. The Kier molecular flexibility index (Phi) is 4.66. The van der Waals surface area contributed by atoms with Crippen molar-refractivity contribution >= 4 is 6.03 Å². The first kappa shape index (κ1) is 12.7. The molecule has 98 valence electrons. The number of amides is 2. The molecule has 17 heavy (non-hydrogen) atoms. The minimum atomic E-state index is 0.0391. The monoisotopic (exact) mass is 239 g/mol. The lowest BCUT2D eigenvalue weighted by molar-refractivity contribution is 0.204. The lowest BCUT2D eigenvalue weighted by Gasteiger charge is -2.31. The standard InChI is InChI=1S/C13H25N3O/c1-16-9-5-8-12(10-16)15-13(17)14-11-6-3-2-4-7-11/h11-12H,2-10H2,1H3,(H2,14,15,17). The zero-order valence-electron chi connectivity index (χ0n) is 10.9. The number of carbonyl (C=O) groups excluding carboxylic acids is 1. The maximum atomic E-state index is 11.8. The SMILES string of the molecule is CN1CCCC(NC(=O)NC2CCCCC2)C1. The van der Waals surface area contributed by atoms with Crippen LogP contribution in [0.15, 0.2) is 0 Å². The molecule has 1 unspecified atom stereocenters. The van der Waals surface area contributed by atoms with Gasteiger partial charge in [0.05, 0.1) is 0 Å². The molecule has 0 aromatic heterocycles. The van der Waals surface area contributed by atoms with Crippen LogP contribution < -0.4 is 10.6 Å². The maximum absolute atomic E-state index is 11.8. The summed E-state index contributed by atoms with van der Waals surface area (Å²) in [7, 11) is 2.12. The molecule has 1 atom stereocenters. The van der Waals surface area contributed by atoms with Crippen LogP contribution in [0.4, 0.5) is 4.79 Å². The smallest absolute Gasteiger partial charge is 0.315 e. The Morgan fingerprint density at radius 3 is 2.35 bits per heavy atom. The van der Waals surface area contributed by atoms with Crippen LogP contribution in [0.3, 0.4) is 0 Å². The van der Waals surface area contributed by atoms with Gasteiger partial charge in [0, 0.05) is 18.6 Å². The Bertz CT molecular complexity index is 251. The van der Waals surface area contributed by atoms with Gasteiger partial charge in [-0.1, -0.05) is 19.3 Å². The van der Waals surface area contributed by atoms with Gasteiger partial charge in [-0.2, -0.15) is 0 Å². The number of likely N-dealkylation sites (tertiary alicyclic amines) is 1. The maximum Gasteiger partial charge on any atom is 0.315 e. The van der Waals surface area contributed by atoms with Gasteiger partial charge in [-0.25, -0.2) is 4.79 Å². The molecule has 1 saturated heterocycles. The van der Waals surface area contributed by atoms with Crippen molar-refractivity contribution in [1.29, 1.82) is 0 Å². The molecule has 0 spiro atoms. The fourth-order valence-corrected chi connectivity index (χ4v) is 2.94. The first-order valence-electron chi connectivity index (χ1n) is 6.99. The summed E-state index contributed by atoms with van der Waals surface area (Å²) in [5.74, 6) is 0. The average Bonchev–Trinajstić information content (AvgIpc) is 2.30. The number of likely N-dealkylation sites (N-methyl/N-ethyl adjacent to an activating group) is 1. The van der Waals surface area contributed by atoms with Crippen LogP contribution in [0.1, 0.15) is 44.9 Å². The van der Waals surface area contributed by atoms with Crippen LogP contribution in [0.5, 0.6) is 0 Å². The van der Waals surface area contributed by atoms with Gasteiger partial charge in [0.25, 0.3) is 0 Å². The number of piperidine rings is 1. The molecule has 0 aromatic rings. The van der Waals surface area contributed by atoms with E-state index >= 15 is 0 Å². The van der Waals surface area contributed by atoms with E-state index in [2.05, 4.69) is 22.6 Å². The van der Waals surface area contributed by atoms with E-state index in [-0.39, 0.29) is 6.03 Å². The molecule has 1 heterocycles. The third-order valence-corrected chi connectivity index (χ3v) is 3.90. The quantitative estimate of drug-likeness (QED) is 0.770. The number of urea groups is 1. The molecule has 2 aliphatic rings. The Morgan fingerprint density at radius 2 is 1.65 bits per heavy atom. The van der Waals surface area contributed by atoms with Gasteiger partial charge in [0.1, 0.15) is 0 Å². The Hall–Kier alpha value is -0.770. The second kappa shape index (κ2) is 6.24. The van der Waals surface area contributed by atoms with E-state index in [1.807, 2.05) is 0 Å². The predicted octanol–water partition coefficient (Wildman–Crippen LogP) is 1.71. The van der Waals surface area contributed by atoms with E-state index in [9.17, 15) is 4.79 Å². The van der Waals surface area contributed by atoms with Crippen LogP contribution in [0.2, 0.25) is 0 Å². The van der Waals surface area contributed by atoms with Crippen LogP contribution in [-0.2, 0) is 0 Å². The van der Waals surface area contributed by atoms with Crippen LogP contribution in [-0.4, -0.2) is 43.2 Å². The summed E-state index contributed by atoms with van der Waals surface area (Å²) in [5, 5.41) is 6.22. The highest BCUT2D eigenvalue weighted by Crippen LogP contribution is 2.17. The summed E-state index contributed by atoms with van der Waals surface area (Å²) in [5.41, 5.74) is 0. The molecular formula is C13H25N3O. The van der Waals surface area contributed by atoms with Crippen molar-refractivity contribution in [1.82, 2.24) is 15.5 Å². The molecule has 0 bridgehead atoms. The molecular weight excluding hydrogens is 214 g/mol. The van der Waals surface area contributed by atoms with Crippen LogP contribution in [0, 0.1) is 0 Å². The molecule has 1 aliphatic carbocycles. The molecule has 0 radical (unpaired) electrons. The summed E-state index contributed by atoms with van der Waals surface area (Å²) in [6.45, 7) is 2.14. The molecule has 2 amide bonds. The normalized spacial score (nSPS) is 27.7. The van der Waals surface area contributed by atoms with Gasteiger partial charge in [-0.15, -0.1) is 0 Å². The Morgan fingerprint density at radius 1 is 1.00 bits per heavy atom. The number of hydrogen-bond donors (Lipinski definition) is 2. The van der Waals surface area contributed by atoms with E-state index in [0.717, 1.165) is 32.4 Å². The van der Waals surface area contributed by atoms with Gasteiger partial charge in [0.2, 0.25) is 0 Å².